The van der Waals surface area contributed by atoms with Crippen molar-refractivity contribution in [1.82, 2.24) is 19.8 Å². The highest BCUT2D eigenvalue weighted by Crippen LogP contribution is 2.25. The molecule has 2 saturated heterocycles. The highest BCUT2D eigenvalue weighted by atomic mass is 32.2. The summed E-state index contributed by atoms with van der Waals surface area (Å²) in [6.07, 6.45) is 0.959. The number of thiophene rings is 1. The van der Waals surface area contributed by atoms with E-state index in [0.717, 1.165) is 16.2 Å². The predicted molar refractivity (Wildman–Crippen MR) is 106 cm³/mol. The van der Waals surface area contributed by atoms with Crippen LogP contribution in [-0.2, 0) is 26.0 Å². The third kappa shape index (κ3) is 5.59. The summed E-state index contributed by atoms with van der Waals surface area (Å²) in [6, 6.07) is 2.96. The van der Waals surface area contributed by atoms with E-state index >= 15 is 0 Å². The fourth-order valence-electron chi connectivity index (χ4n) is 3.25. The zero-order valence-corrected chi connectivity index (χ0v) is 17.9. The summed E-state index contributed by atoms with van der Waals surface area (Å²) >= 11 is 1.16. The lowest BCUT2D eigenvalue weighted by Crippen LogP contribution is -2.48. The third-order valence-electron chi connectivity index (χ3n) is 4.89. The Morgan fingerprint density at radius 2 is 1.90 bits per heavy atom. The van der Waals surface area contributed by atoms with Gasteiger partial charge in [0.1, 0.15) is 4.21 Å². The molecule has 0 aromatic carbocycles. The number of methoxy groups -OCH3 is 1. The van der Waals surface area contributed by atoms with Gasteiger partial charge in [0.25, 0.3) is 10.0 Å². The van der Waals surface area contributed by atoms with Crippen molar-refractivity contribution in [3.63, 3.8) is 0 Å². The largest absolute Gasteiger partial charge is 0.453 e. The van der Waals surface area contributed by atoms with Crippen molar-refractivity contribution in [3.8, 4) is 0 Å². The number of nitrogens with one attached hydrogen (secondary N) is 2. The maximum atomic E-state index is 12.6. The highest BCUT2D eigenvalue weighted by Gasteiger charge is 2.28. The molecule has 2 aliphatic heterocycles. The lowest BCUT2D eigenvalue weighted by Gasteiger charge is -2.31. The Morgan fingerprint density at radius 3 is 2.55 bits per heavy atom. The van der Waals surface area contributed by atoms with Crippen LogP contribution in [0.25, 0.3) is 0 Å². The van der Waals surface area contributed by atoms with Gasteiger partial charge in [0.15, 0.2) is 0 Å². The molecular formula is C17H26N4O6S2. The maximum Gasteiger partial charge on any atom is 0.409 e. The molecule has 2 fully saturated rings. The van der Waals surface area contributed by atoms with Gasteiger partial charge in [0.05, 0.1) is 26.9 Å². The minimum absolute atomic E-state index is 0.0171. The SMILES string of the molecule is COC(=O)N1CCC(NC(=O)NCc2ccc(S(=O)(=O)N3CCOCC3)s2)CC1. The first-order valence-electron chi connectivity index (χ1n) is 9.44. The summed E-state index contributed by atoms with van der Waals surface area (Å²) in [7, 11) is -2.17. The topological polar surface area (TPSA) is 117 Å². The van der Waals surface area contributed by atoms with Crippen molar-refractivity contribution in [1.29, 1.82) is 0 Å². The van der Waals surface area contributed by atoms with Crippen LogP contribution in [0.3, 0.4) is 0 Å². The number of hydrogen-bond acceptors (Lipinski definition) is 7. The zero-order chi connectivity index (χ0) is 20.9. The van der Waals surface area contributed by atoms with Gasteiger partial charge in [-0.3, -0.25) is 0 Å². The van der Waals surface area contributed by atoms with Crippen LogP contribution in [0.1, 0.15) is 17.7 Å². The van der Waals surface area contributed by atoms with Gasteiger partial charge in [-0.2, -0.15) is 4.31 Å². The summed E-state index contributed by atoms with van der Waals surface area (Å²) < 4.78 is 36.9. The number of ether oxygens (including phenoxy) is 2. The number of amides is 3. The van der Waals surface area contributed by atoms with E-state index in [-0.39, 0.29) is 28.9 Å². The van der Waals surface area contributed by atoms with Crippen LogP contribution in [0.15, 0.2) is 16.3 Å². The van der Waals surface area contributed by atoms with Crippen LogP contribution in [-0.4, -0.2) is 82.3 Å². The molecule has 3 heterocycles. The van der Waals surface area contributed by atoms with E-state index in [2.05, 4.69) is 10.6 Å². The van der Waals surface area contributed by atoms with Gasteiger partial charge in [0, 0.05) is 37.1 Å². The normalized spacial score (nSPS) is 19.0. The Labute approximate surface area is 174 Å². The molecule has 0 atom stereocenters. The number of carbonyl (C=O) groups is 2. The van der Waals surface area contributed by atoms with Gasteiger partial charge in [-0.25, -0.2) is 18.0 Å². The number of carbonyl (C=O) groups excluding carboxylic acids is 2. The molecule has 1 aromatic heterocycles. The van der Waals surface area contributed by atoms with Crippen LogP contribution in [0, 0.1) is 0 Å². The van der Waals surface area contributed by atoms with Crippen molar-refractivity contribution in [2.24, 2.45) is 0 Å². The number of piperidine rings is 1. The van der Waals surface area contributed by atoms with Crippen LogP contribution in [0.5, 0.6) is 0 Å². The second-order valence-corrected chi connectivity index (χ2v) is 10.1. The summed E-state index contributed by atoms with van der Waals surface area (Å²) in [5, 5.41) is 5.65. The van der Waals surface area contributed by atoms with Crippen LogP contribution in [0.2, 0.25) is 0 Å². The molecule has 0 bridgehead atoms. The van der Waals surface area contributed by atoms with E-state index in [4.69, 9.17) is 9.47 Å². The fraction of sp³-hybridized carbons (Fsp3) is 0.647. The number of sulfonamides is 1. The molecular weight excluding hydrogens is 420 g/mol. The Hall–Kier alpha value is -1.89. The molecule has 3 rings (SSSR count). The Bertz CT molecular complexity index is 814. The van der Waals surface area contributed by atoms with Gasteiger partial charge in [-0.15, -0.1) is 11.3 Å². The average molecular weight is 447 g/mol. The molecule has 0 spiro atoms. The van der Waals surface area contributed by atoms with Crippen molar-refractivity contribution >= 4 is 33.5 Å². The molecule has 29 heavy (non-hydrogen) atoms. The van der Waals surface area contributed by atoms with E-state index in [0.29, 0.717) is 52.2 Å². The summed E-state index contributed by atoms with van der Waals surface area (Å²) in [6.45, 7) is 2.82. The van der Waals surface area contributed by atoms with E-state index in [9.17, 15) is 18.0 Å². The van der Waals surface area contributed by atoms with Crippen molar-refractivity contribution in [2.75, 3.05) is 46.5 Å². The Balaban J connectivity index is 1.45. The minimum atomic E-state index is -3.52. The lowest BCUT2D eigenvalue weighted by atomic mass is 10.1. The number of urea groups is 1. The van der Waals surface area contributed by atoms with Crippen LogP contribution in [0.4, 0.5) is 9.59 Å². The molecule has 1 aromatic rings. The molecule has 2 aliphatic rings. The summed E-state index contributed by atoms with van der Waals surface area (Å²) in [5.41, 5.74) is 0. The van der Waals surface area contributed by atoms with Gasteiger partial charge in [-0.05, 0) is 25.0 Å². The highest BCUT2D eigenvalue weighted by molar-refractivity contribution is 7.91. The van der Waals surface area contributed by atoms with Crippen LogP contribution >= 0.6 is 11.3 Å². The molecule has 0 radical (unpaired) electrons. The Morgan fingerprint density at radius 1 is 1.21 bits per heavy atom. The van der Waals surface area contributed by atoms with E-state index in [1.54, 1.807) is 17.0 Å². The first-order chi connectivity index (χ1) is 13.9. The third-order valence-corrected chi connectivity index (χ3v) is 8.34. The maximum absolute atomic E-state index is 12.6. The predicted octanol–water partition coefficient (Wildman–Crippen LogP) is 0.799. The number of morpholine rings is 1. The smallest absolute Gasteiger partial charge is 0.409 e. The standard InChI is InChI=1S/C17H26N4O6S2/c1-26-17(23)20-6-4-13(5-7-20)19-16(22)18-12-14-2-3-15(28-14)29(24,25)21-8-10-27-11-9-21/h2-3,13H,4-12H2,1H3,(H2,18,19,22). The number of nitrogens with zero attached hydrogens (tertiary/aromatic N) is 2. The molecule has 0 aliphatic carbocycles. The van der Waals surface area contributed by atoms with Crippen LogP contribution < -0.4 is 10.6 Å². The van der Waals surface area contributed by atoms with Gasteiger partial charge in [0.2, 0.25) is 0 Å². The average Bonchev–Trinajstić information content (AvgIpc) is 3.23. The number of rotatable bonds is 5. The first kappa shape index (κ1) is 21.8. The number of likely N-dealkylation sites (tertiary alicyclic amines) is 1. The van der Waals surface area contributed by atoms with E-state index < -0.39 is 10.0 Å². The van der Waals surface area contributed by atoms with Crippen molar-refractivity contribution in [3.05, 3.63) is 17.0 Å². The molecule has 12 heteroatoms. The minimum Gasteiger partial charge on any atom is -0.453 e. The summed E-state index contributed by atoms with van der Waals surface area (Å²) in [4.78, 5) is 26.0. The molecule has 0 saturated carbocycles. The van der Waals surface area contributed by atoms with Crippen molar-refractivity contribution < 1.29 is 27.5 Å². The number of hydrogen-bond donors (Lipinski definition) is 2. The van der Waals surface area contributed by atoms with Gasteiger partial charge >= 0.3 is 12.1 Å². The fourth-order valence-corrected chi connectivity index (χ4v) is 6.10. The Kier molecular flexibility index (Phi) is 7.33. The molecule has 10 nitrogen and oxygen atoms in total. The molecule has 162 valence electrons. The first-order valence-corrected chi connectivity index (χ1v) is 11.7. The monoisotopic (exact) mass is 446 g/mol. The van der Waals surface area contributed by atoms with Gasteiger partial charge < -0.3 is 25.0 Å². The quantitative estimate of drug-likeness (QED) is 0.691. The van der Waals surface area contributed by atoms with E-state index in [1.807, 2.05) is 0 Å². The molecule has 2 N–H and O–H groups in total. The van der Waals surface area contributed by atoms with Crippen molar-refractivity contribution in [2.45, 2.75) is 29.6 Å². The molecule has 0 unspecified atom stereocenters. The lowest BCUT2D eigenvalue weighted by molar-refractivity contribution is 0.0731. The second kappa shape index (κ2) is 9.74. The second-order valence-electron chi connectivity index (χ2n) is 6.80. The zero-order valence-electron chi connectivity index (χ0n) is 16.3. The van der Waals surface area contributed by atoms with E-state index in [1.165, 1.54) is 11.4 Å². The van der Waals surface area contributed by atoms with Gasteiger partial charge in [-0.1, -0.05) is 0 Å². The summed E-state index contributed by atoms with van der Waals surface area (Å²) in [5.74, 6) is 0. The molecule has 3 amide bonds.